The molecular weight excluding hydrogens is 400 g/mol. The second kappa shape index (κ2) is 8.36. The molecule has 0 unspecified atom stereocenters. The number of rotatable bonds is 5. The lowest BCUT2D eigenvalue weighted by Gasteiger charge is -2.36. The number of anilines is 1. The van der Waals surface area contributed by atoms with Crippen molar-refractivity contribution in [2.75, 3.05) is 11.9 Å². The average Bonchev–Trinajstić information content (AvgIpc) is 2.91. The molecule has 0 radical (unpaired) electrons. The van der Waals surface area contributed by atoms with E-state index >= 15 is 0 Å². The fourth-order valence-electron chi connectivity index (χ4n) is 3.77. The van der Waals surface area contributed by atoms with Crippen LogP contribution >= 0.6 is 11.6 Å². The van der Waals surface area contributed by atoms with Crippen molar-refractivity contribution in [1.82, 2.24) is 15.2 Å². The maximum Gasteiger partial charge on any atom is 0.327 e. The van der Waals surface area contributed by atoms with Gasteiger partial charge in [-0.25, -0.2) is 9.78 Å². The van der Waals surface area contributed by atoms with Gasteiger partial charge in [0.05, 0.1) is 5.69 Å². The molecule has 10 heteroatoms. The van der Waals surface area contributed by atoms with E-state index in [9.17, 15) is 19.2 Å². The number of carbonyl (C=O) groups excluding carboxylic acids is 4. The summed E-state index contributed by atoms with van der Waals surface area (Å²) >= 11 is 5.88. The molecule has 1 aliphatic carbocycles. The van der Waals surface area contributed by atoms with Gasteiger partial charge in [-0.3, -0.25) is 19.3 Å². The van der Waals surface area contributed by atoms with Gasteiger partial charge in [-0.15, -0.1) is 0 Å². The molecule has 29 heavy (non-hydrogen) atoms. The summed E-state index contributed by atoms with van der Waals surface area (Å²) in [7, 11) is 0. The lowest BCUT2D eigenvalue weighted by molar-refractivity contribution is -0.155. The maximum atomic E-state index is 12.9. The van der Waals surface area contributed by atoms with E-state index in [1.807, 2.05) is 6.92 Å². The molecule has 1 aromatic heterocycles. The summed E-state index contributed by atoms with van der Waals surface area (Å²) in [4.78, 5) is 54.4. The summed E-state index contributed by atoms with van der Waals surface area (Å²) < 4.78 is 5.10. The van der Waals surface area contributed by atoms with Crippen LogP contribution < -0.4 is 10.6 Å². The summed E-state index contributed by atoms with van der Waals surface area (Å²) in [5, 5.41) is 5.38. The minimum atomic E-state index is -1.15. The number of amides is 4. The highest BCUT2D eigenvalue weighted by molar-refractivity contribution is 6.32. The third-order valence-corrected chi connectivity index (χ3v) is 5.78. The minimum Gasteiger partial charge on any atom is -0.451 e. The summed E-state index contributed by atoms with van der Waals surface area (Å²) in [6.45, 7) is 2.76. The number of carbonyl (C=O) groups is 4. The van der Waals surface area contributed by atoms with E-state index < -0.39 is 42.0 Å². The number of imide groups is 1. The molecule has 0 aromatic carbocycles. The van der Waals surface area contributed by atoms with Crippen LogP contribution in [-0.2, 0) is 19.1 Å². The van der Waals surface area contributed by atoms with Gasteiger partial charge in [-0.1, -0.05) is 31.4 Å². The van der Waals surface area contributed by atoms with Crippen molar-refractivity contribution in [2.45, 2.75) is 51.2 Å². The quantitative estimate of drug-likeness (QED) is 0.426. The Balaban J connectivity index is 1.58. The third kappa shape index (κ3) is 4.19. The van der Waals surface area contributed by atoms with Gasteiger partial charge in [0.25, 0.3) is 11.8 Å². The van der Waals surface area contributed by atoms with Crippen molar-refractivity contribution in [2.24, 2.45) is 5.92 Å². The van der Waals surface area contributed by atoms with E-state index in [-0.39, 0.29) is 16.8 Å². The Labute approximate surface area is 173 Å². The Morgan fingerprint density at radius 2 is 2.21 bits per heavy atom. The number of halogens is 1. The van der Waals surface area contributed by atoms with Gasteiger partial charge < -0.3 is 15.4 Å². The summed E-state index contributed by atoms with van der Waals surface area (Å²) in [5.74, 6) is -1.88. The van der Waals surface area contributed by atoms with E-state index in [1.165, 1.54) is 13.1 Å². The Kier molecular flexibility index (Phi) is 6.07. The highest BCUT2D eigenvalue weighted by Crippen LogP contribution is 2.38. The first-order valence-corrected chi connectivity index (χ1v) is 9.87. The molecule has 2 aliphatic rings. The van der Waals surface area contributed by atoms with Crippen molar-refractivity contribution in [3.8, 4) is 0 Å². The first-order chi connectivity index (χ1) is 13.7. The average molecular weight is 423 g/mol. The zero-order valence-electron chi connectivity index (χ0n) is 16.2. The van der Waals surface area contributed by atoms with Gasteiger partial charge in [0.15, 0.2) is 11.3 Å². The number of nitrogens with zero attached hydrogens (tertiary/aromatic N) is 2. The van der Waals surface area contributed by atoms with Crippen molar-refractivity contribution >= 4 is 41.1 Å². The van der Waals surface area contributed by atoms with E-state index in [0.29, 0.717) is 6.42 Å². The van der Waals surface area contributed by atoms with Crippen LogP contribution in [0.25, 0.3) is 0 Å². The van der Waals surface area contributed by atoms with Gasteiger partial charge >= 0.3 is 12.0 Å². The second-order valence-corrected chi connectivity index (χ2v) is 7.76. The lowest BCUT2D eigenvalue weighted by Crippen LogP contribution is -2.54. The zero-order chi connectivity index (χ0) is 21.2. The van der Waals surface area contributed by atoms with E-state index in [4.69, 9.17) is 16.3 Å². The van der Waals surface area contributed by atoms with E-state index in [1.54, 1.807) is 12.1 Å². The molecule has 2 fully saturated rings. The molecule has 1 saturated carbocycles. The number of aromatic nitrogens is 1. The largest absolute Gasteiger partial charge is 0.451 e. The standard InChI is InChI=1S/C19H23ClN4O5/c1-11-6-3-4-8-19(11)17(27)24(18(28)23-19)10-14(25)29-12(2)16(26)22-13-7-5-9-21-15(13)20/h5,7,9,11-12H,3-4,6,8,10H2,1-2H3,(H,22,26)(H,23,28)/t11-,12-,19-/m0/s1. The second-order valence-electron chi connectivity index (χ2n) is 7.40. The monoisotopic (exact) mass is 422 g/mol. The van der Waals surface area contributed by atoms with Crippen LogP contribution in [0.1, 0.15) is 39.5 Å². The molecule has 2 N–H and O–H groups in total. The van der Waals surface area contributed by atoms with Crippen LogP contribution in [0.2, 0.25) is 5.15 Å². The van der Waals surface area contributed by atoms with Gasteiger partial charge in [0.2, 0.25) is 0 Å². The van der Waals surface area contributed by atoms with E-state index in [2.05, 4.69) is 15.6 Å². The maximum absolute atomic E-state index is 12.9. The number of nitrogens with one attached hydrogen (secondary N) is 2. The van der Waals surface area contributed by atoms with Gasteiger partial charge in [-0.2, -0.15) is 0 Å². The number of ether oxygens (including phenoxy) is 1. The van der Waals surface area contributed by atoms with E-state index in [0.717, 1.165) is 24.2 Å². The Bertz CT molecular complexity index is 848. The van der Waals surface area contributed by atoms with Crippen LogP contribution in [0.15, 0.2) is 18.3 Å². The molecule has 1 spiro atoms. The molecule has 2 heterocycles. The SMILES string of the molecule is C[C@H](OC(=O)CN1C(=O)N[C@]2(CCCC[C@@H]2C)C1=O)C(=O)Nc1cccnc1Cl. The molecule has 156 valence electrons. The first-order valence-electron chi connectivity index (χ1n) is 9.49. The van der Waals surface area contributed by atoms with Crippen LogP contribution in [0.5, 0.6) is 0 Å². The third-order valence-electron chi connectivity index (χ3n) is 5.48. The molecule has 0 bridgehead atoms. The highest BCUT2D eigenvalue weighted by atomic mass is 35.5. The van der Waals surface area contributed by atoms with Gasteiger partial charge in [-0.05, 0) is 37.8 Å². The number of hydrogen-bond acceptors (Lipinski definition) is 6. The predicted molar refractivity (Wildman–Crippen MR) is 104 cm³/mol. The summed E-state index contributed by atoms with van der Waals surface area (Å²) in [6.07, 6.45) is 3.54. The summed E-state index contributed by atoms with van der Waals surface area (Å²) in [6, 6.07) is 2.54. The smallest absolute Gasteiger partial charge is 0.327 e. The van der Waals surface area contributed by atoms with Crippen LogP contribution in [0.4, 0.5) is 10.5 Å². The number of urea groups is 1. The molecular formula is C19H23ClN4O5. The zero-order valence-corrected chi connectivity index (χ0v) is 17.0. The Morgan fingerprint density at radius 1 is 1.45 bits per heavy atom. The highest BCUT2D eigenvalue weighted by Gasteiger charge is 2.55. The van der Waals surface area contributed by atoms with Crippen LogP contribution in [-0.4, -0.2) is 51.9 Å². The molecule has 4 amide bonds. The summed E-state index contributed by atoms with van der Waals surface area (Å²) in [5.41, 5.74) is -0.667. The predicted octanol–water partition coefficient (Wildman–Crippen LogP) is 2.11. The van der Waals surface area contributed by atoms with Crippen molar-refractivity contribution < 1.29 is 23.9 Å². The van der Waals surface area contributed by atoms with Gasteiger partial charge in [0, 0.05) is 6.20 Å². The molecule has 9 nitrogen and oxygen atoms in total. The molecule has 1 aliphatic heterocycles. The van der Waals surface area contributed by atoms with Crippen LogP contribution in [0.3, 0.4) is 0 Å². The van der Waals surface area contributed by atoms with Crippen LogP contribution in [0, 0.1) is 5.92 Å². The van der Waals surface area contributed by atoms with Crippen molar-refractivity contribution in [1.29, 1.82) is 0 Å². The Morgan fingerprint density at radius 3 is 2.90 bits per heavy atom. The Hall–Kier alpha value is -2.68. The van der Waals surface area contributed by atoms with Crippen molar-refractivity contribution in [3.05, 3.63) is 23.5 Å². The molecule has 1 saturated heterocycles. The number of esters is 1. The van der Waals surface area contributed by atoms with Gasteiger partial charge in [0.1, 0.15) is 12.1 Å². The first kappa shape index (κ1) is 21.0. The molecule has 3 atom stereocenters. The molecule has 1 aromatic rings. The van der Waals surface area contributed by atoms with Crippen molar-refractivity contribution in [3.63, 3.8) is 0 Å². The fourth-order valence-corrected chi connectivity index (χ4v) is 3.94. The number of hydrogen-bond donors (Lipinski definition) is 2. The normalized spacial score (nSPS) is 24.9. The minimum absolute atomic E-state index is 0.0114. The lowest BCUT2D eigenvalue weighted by atomic mass is 9.73. The fraction of sp³-hybridized carbons (Fsp3) is 0.526. The topological polar surface area (TPSA) is 118 Å². The molecule has 3 rings (SSSR count). The number of pyridine rings is 1.